The summed E-state index contributed by atoms with van der Waals surface area (Å²) < 4.78 is 0. The first-order chi connectivity index (χ1) is 8.19. The fourth-order valence-electron chi connectivity index (χ4n) is 1.67. The molecule has 0 atom stereocenters. The zero-order chi connectivity index (χ0) is 12.4. The van der Waals surface area contributed by atoms with Crippen LogP contribution in [0.1, 0.15) is 20.7 Å². The molecule has 0 aromatic heterocycles. The number of alkyl halides is 1. The fraction of sp³-hybridized carbons (Fsp3) is 0.182. The van der Waals surface area contributed by atoms with Crippen LogP contribution in [0.15, 0.2) is 29.4 Å². The molecule has 1 aromatic carbocycles. The number of amides is 2. The van der Waals surface area contributed by atoms with E-state index in [1.165, 1.54) is 0 Å². The first-order valence-electron chi connectivity index (χ1n) is 4.90. The van der Waals surface area contributed by atoms with Gasteiger partial charge in [0.05, 0.1) is 29.3 Å². The van der Waals surface area contributed by atoms with Crippen LogP contribution >= 0.6 is 11.6 Å². The summed E-state index contributed by atoms with van der Waals surface area (Å²) in [5.74, 6) is -0.821. The molecule has 1 heterocycles. The molecule has 0 saturated carbocycles. The highest BCUT2D eigenvalue weighted by molar-refractivity contribution is 6.30. The number of hydrogen-bond acceptors (Lipinski definition) is 4. The monoisotopic (exact) mass is 252 g/mol. The highest BCUT2D eigenvalue weighted by atomic mass is 35.5. The summed E-state index contributed by atoms with van der Waals surface area (Å²) in [7, 11) is 0. The second-order valence-electron chi connectivity index (χ2n) is 3.54. The molecular weight excluding hydrogens is 244 g/mol. The molecule has 0 unspecified atom stereocenters. The maximum atomic E-state index is 11.9. The minimum absolute atomic E-state index is 0.0378. The van der Waals surface area contributed by atoms with E-state index in [1.807, 2.05) is 0 Å². The highest BCUT2D eigenvalue weighted by Gasteiger charge is 2.35. The van der Waals surface area contributed by atoms with Crippen molar-refractivity contribution in [1.29, 1.82) is 0 Å². The topological polar surface area (TPSA) is 70.0 Å². The van der Waals surface area contributed by atoms with Crippen molar-refractivity contribution >= 4 is 29.1 Å². The van der Waals surface area contributed by atoms with Crippen LogP contribution < -0.4 is 0 Å². The van der Waals surface area contributed by atoms with Gasteiger partial charge in [0.1, 0.15) is 0 Å². The molecule has 2 rings (SSSR count). The second kappa shape index (κ2) is 4.55. The van der Waals surface area contributed by atoms with Gasteiger partial charge < -0.3 is 5.21 Å². The first-order valence-corrected chi connectivity index (χ1v) is 5.43. The molecule has 0 aliphatic carbocycles. The molecule has 6 heteroatoms. The minimum Gasteiger partial charge on any atom is -0.411 e. The lowest BCUT2D eigenvalue weighted by Gasteiger charge is -2.12. The van der Waals surface area contributed by atoms with Gasteiger partial charge in [-0.05, 0) is 12.1 Å². The number of hydrogen-bond donors (Lipinski definition) is 1. The van der Waals surface area contributed by atoms with Crippen LogP contribution in [0, 0.1) is 0 Å². The molecule has 17 heavy (non-hydrogen) atoms. The van der Waals surface area contributed by atoms with Gasteiger partial charge >= 0.3 is 0 Å². The van der Waals surface area contributed by atoms with Crippen molar-refractivity contribution in [2.24, 2.45) is 5.16 Å². The van der Waals surface area contributed by atoms with Crippen LogP contribution in [0.5, 0.6) is 0 Å². The number of fused-ring (bicyclic) bond motifs is 1. The Morgan fingerprint density at radius 3 is 2.18 bits per heavy atom. The summed E-state index contributed by atoms with van der Waals surface area (Å²) in [5.41, 5.74) is 0.898. The van der Waals surface area contributed by atoms with Gasteiger partial charge in [-0.15, -0.1) is 11.6 Å². The van der Waals surface area contributed by atoms with Gasteiger partial charge in [-0.25, -0.2) is 0 Å². The van der Waals surface area contributed by atoms with E-state index >= 15 is 0 Å². The number of nitrogens with zero attached hydrogens (tertiary/aromatic N) is 2. The van der Waals surface area contributed by atoms with Gasteiger partial charge in [0, 0.05) is 0 Å². The molecule has 5 nitrogen and oxygen atoms in total. The molecule has 1 aliphatic rings. The number of benzene rings is 1. The average Bonchev–Trinajstić information content (AvgIpc) is 2.61. The van der Waals surface area contributed by atoms with Crippen molar-refractivity contribution in [2.45, 2.75) is 0 Å². The molecule has 1 N–H and O–H groups in total. The number of rotatable bonds is 3. The van der Waals surface area contributed by atoms with E-state index in [9.17, 15) is 9.59 Å². The van der Waals surface area contributed by atoms with E-state index < -0.39 is 11.8 Å². The average molecular weight is 253 g/mol. The normalized spacial score (nSPS) is 15.4. The maximum absolute atomic E-state index is 11.9. The molecule has 0 spiro atoms. The van der Waals surface area contributed by atoms with Crippen molar-refractivity contribution in [2.75, 3.05) is 12.4 Å². The number of oxime groups is 1. The fourth-order valence-corrected chi connectivity index (χ4v) is 1.80. The van der Waals surface area contributed by atoms with E-state index in [1.54, 1.807) is 24.3 Å². The van der Waals surface area contributed by atoms with Crippen molar-refractivity contribution < 1.29 is 14.8 Å². The zero-order valence-electron chi connectivity index (χ0n) is 8.76. The molecule has 2 amide bonds. The molecule has 1 aliphatic heterocycles. The van der Waals surface area contributed by atoms with E-state index in [0.29, 0.717) is 11.1 Å². The highest BCUT2D eigenvalue weighted by Crippen LogP contribution is 2.22. The Morgan fingerprint density at radius 1 is 1.24 bits per heavy atom. The number of carbonyl (C=O) groups is 2. The van der Waals surface area contributed by atoms with Crippen LogP contribution in [0.3, 0.4) is 0 Å². The van der Waals surface area contributed by atoms with Gasteiger partial charge in [-0.3, -0.25) is 14.5 Å². The molecule has 88 valence electrons. The Labute approximate surface area is 102 Å². The quantitative estimate of drug-likeness (QED) is 0.290. The Balaban J connectivity index is 2.30. The lowest BCUT2D eigenvalue weighted by Crippen LogP contribution is -2.35. The second-order valence-corrected chi connectivity index (χ2v) is 3.81. The van der Waals surface area contributed by atoms with Crippen LogP contribution in [0.25, 0.3) is 0 Å². The predicted octanol–water partition coefficient (Wildman–Crippen LogP) is 1.35. The smallest absolute Gasteiger partial charge is 0.261 e. The Hall–Kier alpha value is -1.88. The molecule has 1 aromatic rings. The number of imide groups is 1. The number of halogens is 1. The molecule has 0 radical (unpaired) electrons. The van der Waals surface area contributed by atoms with Crippen molar-refractivity contribution in [3.63, 3.8) is 0 Å². The predicted molar refractivity (Wildman–Crippen MR) is 61.8 cm³/mol. The molecule has 0 fully saturated rings. The van der Waals surface area contributed by atoms with Gasteiger partial charge in [0.25, 0.3) is 11.8 Å². The lowest BCUT2D eigenvalue weighted by atomic mass is 10.1. The maximum Gasteiger partial charge on any atom is 0.261 e. The van der Waals surface area contributed by atoms with E-state index in [0.717, 1.165) is 4.90 Å². The van der Waals surface area contributed by atoms with Crippen molar-refractivity contribution in [1.82, 2.24) is 4.90 Å². The zero-order valence-corrected chi connectivity index (χ0v) is 9.52. The van der Waals surface area contributed by atoms with Crippen LogP contribution in [0.2, 0.25) is 0 Å². The number of carbonyl (C=O) groups excluding carboxylic acids is 2. The summed E-state index contributed by atoms with van der Waals surface area (Å²) in [5, 5.41) is 11.6. The summed E-state index contributed by atoms with van der Waals surface area (Å²) in [6, 6.07) is 6.56. The van der Waals surface area contributed by atoms with Crippen LogP contribution in [-0.2, 0) is 0 Å². The van der Waals surface area contributed by atoms with Gasteiger partial charge in [-0.2, -0.15) is 0 Å². The van der Waals surface area contributed by atoms with Crippen molar-refractivity contribution in [3.8, 4) is 0 Å². The largest absolute Gasteiger partial charge is 0.411 e. The van der Waals surface area contributed by atoms with E-state index in [4.69, 9.17) is 16.8 Å². The van der Waals surface area contributed by atoms with Gasteiger partial charge in [0.2, 0.25) is 0 Å². The van der Waals surface area contributed by atoms with E-state index in [-0.39, 0.29) is 18.1 Å². The third kappa shape index (κ3) is 1.89. The SMILES string of the molecule is O=C1c2ccccc2C(=O)N1C/C(CCl)=N/O. The first kappa shape index (κ1) is 11.6. The standard InChI is InChI=1S/C11H9ClN2O3/c12-5-7(13-17)6-14-10(15)8-3-1-2-4-9(8)11(14)16/h1-4,17H,5-6H2/b13-7+. The summed E-state index contributed by atoms with van der Waals surface area (Å²) in [6.07, 6.45) is 0. The third-order valence-corrected chi connectivity index (χ3v) is 2.82. The molecule has 0 bridgehead atoms. The third-order valence-electron chi connectivity index (χ3n) is 2.51. The molecular formula is C11H9ClN2O3. The van der Waals surface area contributed by atoms with Crippen LogP contribution in [0.4, 0.5) is 0 Å². The van der Waals surface area contributed by atoms with Crippen molar-refractivity contribution in [3.05, 3.63) is 35.4 Å². The van der Waals surface area contributed by atoms with E-state index in [2.05, 4.69) is 5.16 Å². The van der Waals surface area contributed by atoms with Gasteiger partial charge in [0.15, 0.2) is 0 Å². The minimum atomic E-state index is -0.392. The Kier molecular flexibility index (Phi) is 3.10. The van der Waals surface area contributed by atoms with Crippen LogP contribution in [-0.4, -0.2) is 40.1 Å². The lowest BCUT2D eigenvalue weighted by molar-refractivity contribution is 0.0676. The molecule has 0 saturated heterocycles. The van der Waals surface area contributed by atoms with Gasteiger partial charge in [-0.1, -0.05) is 17.3 Å². The summed E-state index contributed by atoms with van der Waals surface area (Å²) in [4.78, 5) is 24.8. The summed E-state index contributed by atoms with van der Waals surface area (Å²) >= 11 is 5.51. The summed E-state index contributed by atoms with van der Waals surface area (Å²) in [6.45, 7) is -0.0909. The Bertz CT molecular complexity index is 478. The Morgan fingerprint density at radius 2 is 1.76 bits per heavy atom.